The van der Waals surface area contributed by atoms with Crippen molar-refractivity contribution in [1.82, 2.24) is 4.98 Å². The second-order valence-corrected chi connectivity index (χ2v) is 3.40. The van der Waals surface area contributed by atoms with Gasteiger partial charge in [-0.3, -0.25) is 0 Å². The topological polar surface area (TPSA) is 39.6 Å². The van der Waals surface area contributed by atoms with Crippen LogP contribution in [0.3, 0.4) is 0 Å². The Bertz CT molecular complexity index is 479. The highest BCUT2D eigenvalue weighted by Crippen LogP contribution is 2.21. The summed E-state index contributed by atoms with van der Waals surface area (Å²) in [4.78, 5) is 4.04. The van der Waals surface area contributed by atoms with Gasteiger partial charge in [0.2, 0.25) is 0 Å². The molecule has 2 nitrogen and oxygen atoms in total. The quantitative estimate of drug-likeness (QED) is 0.663. The highest BCUT2D eigenvalue weighted by atomic mass is 32.1. The zero-order valence-corrected chi connectivity index (χ0v) is 7.81. The van der Waals surface area contributed by atoms with Gasteiger partial charge in [0.15, 0.2) is 0 Å². The molecule has 0 saturated heterocycles. The van der Waals surface area contributed by atoms with Crippen LogP contribution in [0.15, 0.2) is 29.3 Å². The molecule has 0 radical (unpaired) electrons. The number of aromatic amines is 1. The van der Waals surface area contributed by atoms with Crippen molar-refractivity contribution in [2.24, 2.45) is 0 Å². The van der Waals surface area contributed by atoms with Crippen molar-refractivity contribution >= 4 is 23.5 Å². The van der Waals surface area contributed by atoms with E-state index in [1.54, 1.807) is 0 Å². The maximum atomic E-state index is 8.57. The first-order chi connectivity index (χ1) is 6.31. The van der Waals surface area contributed by atoms with Crippen molar-refractivity contribution in [3.8, 4) is 6.07 Å². The van der Waals surface area contributed by atoms with Crippen LogP contribution in [0.25, 0.3) is 10.9 Å². The van der Waals surface area contributed by atoms with E-state index in [4.69, 9.17) is 5.26 Å². The van der Waals surface area contributed by atoms with Gasteiger partial charge in [0.25, 0.3) is 0 Å². The van der Waals surface area contributed by atoms with Gasteiger partial charge < -0.3 is 4.98 Å². The minimum atomic E-state index is 0.450. The van der Waals surface area contributed by atoms with Crippen LogP contribution in [0.2, 0.25) is 0 Å². The van der Waals surface area contributed by atoms with E-state index in [0.717, 1.165) is 21.4 Å². The maximum Gasteiger partial charge on any atom is 0.0670 e. The third-order valence-electron chi connectivity index (χ3n) is 2.02. The van der Waals surface area contributed by atoms with E-state index in [-0.39, 0.29) is 0 Å². The standard InChI is InChI=1S/C10H8N2S/c11-4-3-7-6-12-10-5-8(13)1-2-9(7)10/h1-2,5-6,12-13H,3H2. The predicted octanol–water partition coefficient (Wildman–Crippen LogP) is 2.52. The molecule has 2 rings (SSSR count). The zero-order valence-electron chi connectivity index (χ0n) is 6.91. The van der Waals surface area contributed by atoms with Gasteiger partial charge in [-0.15, -0.1) is 12.6 Å². The van der Waals surface area contributed by atoms with Crippen LogP contribution in [0.5, 0.6) is 0 Å². The van der Waals surface area contributed by atoms with E-state index >= 15 is 0 Å². The molecule has 0 spiro atoms. The summed E-state index contributed by atoms with van der Waals surface area (Å²) >= 11 is 4.24. The fourth-order valence-corrected chi connectivity index (χ4v) is 1.61. The lowest BCUT2D eigenvalue weighted by atomic mass is 10.1. The summed E-state index contributed by atoms with van der Waals surface area (Å²) in [6, 6.07) is 8.01. The minimum Gasteiger partial charge on any atom is -0.361 e. The Morgan fingerprint density at radius 2 is 2.31 bits per heavy atom. The number of H-pyrrole nitrogens is 1. The summed E-state index contributed by atoms with van der Waals surface area (Å²) in [5.74, 6) is 0. The summed E-state index contributed by atoms with van der Waals surface area (Å²) in [6.07, 6.45) is 2.33. The molecule has 0 unspecified atom stereocenters. The molecule has 0 aliphatic heterocycles. The Hall–Kier alpha value is -1.40. The summed E-state index contributed by atoms with van der Waals surface area (Å²) < 4.78 is 0. The summed E-state index contributed by atoms with van der Waals surface area (Å²) in [5.41, 5.74) is 2.09. The van der Waals surface area contributed by atoms with Crippen LogP contribution in [0.1, 0.15) is 5.56 Å². The molecule has 0 saturated carbocycles. The third-order valence-corrected chi connectivity index (χ3v) is 2.30. The van der Waals surface area contributed by atoms with Gasteiger partial charge in [-0.2, -0.15) is 5.26 Å². The number of rotatable bonds is 1. The number of hydrogen-bond donors (Lipinski definition) is 2. The molecule has 1 aromatic heterocycles. The molecule has 0 aliphatic rings. The largest absolute Gasteiger partial charge is 0.361 e. The van der Waals surface area contributed by atoms with Gasteiger partial charge in [-0.25, -0.2) is 0 Å². The van der Waals surface area contributed by atoms with Crippen LogP contribution >= 0.6 is 12.6 Å². The molecule has 64 valence electrons. The first kappa shape index (κ1) is 8.21. The van der Waals surface area contributed by atoms with E-state index < -0.39 is 0 Å². The molecular formula is C10H8N2S. The van der Waals surface area contributed by atoms with Crippen LogP contribution in [-0.4, -0.2) is 4.98 Å². The molecule has 1 heterocycles. The van der Waals surface area contributed by atoms with Crippen LogP contribution in [-0.2, 0) is 6.42 Å². The van der Waals surface area contributed by atoms with E-state index in [0.29, 0.717) is 6.42 Å². The molecule has 0 aliphatic carbocycles. The lowest BCUT2D eigenvalue weighted by Crippen LogP contribution is -1.76. The Morgan fingerprint density at radius 1 is 1.46 bits per heavy atom. The van der Waals surface area contributed by atoms with Crippen molar-refractivity contribution in [2.45, 2.75) is 11.3 Å². The monoisotopic (exact) mass is 188 g/mol. The Kier molecular flexibility index (Phi) is 1.99. The number of aromatic nitrogens is 1. The average Bonchev–Trinajstić information content (AvgIpc) is 2.49. The Balaban J connectivity index is 2.63. The van der Waals surface area contributed by atoms with Gasteiger partial charge in [0.05, 0.1) is 12.5 Å². The average molecular weight is 188 g/mol. The van der Waals surface area contributed by atoms with Gasteiger partial charge in [-0.05, 0) is 17.7 Å². The molecule has 0 atom stereocenters. The zero-order chi connectivity index (χ0) is 9.26. The lowest BCUT2D eigenvalue weighted by molar-refractivity contribution is 1.28. The van der Waals surface area contributed by atoms with Crippen molar-refractivity contribution in [3.63, 3.8) is 0 Å². The number of nitrogens with one attached hydrogen (secondary N) is 1. The van der Waals surface area contributed by atoms with Crippen molar-refractivity contribution in [2.75, 3.05) is 0 Å². The molecule has 1 N–H and O–H groups in total. The van der Waals surface area contributed by atoms with E-state index in [1.165, 1.54) is 0 Å². The number of hydrogen-bond acceptors (Lipinski definition) is 2. The molecular weight excluding hydrogens is 180 g/mol. The first-order valence-corrected chi connectivity index (χ1v) is 4.42. The van der Waals surface area contributed by atoms with Crippen molar-refractivity contribution in [1.29, 1.82) is 5.26 Å². The van der Waals surface area contributed by atoms with Crippen LogP contribution in [0.4, 0.5) is 0 Å². The van der Waals surface area contributed by atoms with Crippen molar-refractivity contribution < 1.29 is 0 Å². The smallest absolute Gasteiger partial charge is 0.0670 e. The normalized spacial score (nSPS) is 10.2. The molecule has 0 amide bonds. The number of nitriles is 1. The first-order valence-electron chi connectivity index (χ1n) is 3.97. The van der Waals surface area contributed by atoms with Crippen LogP contribution < -0.4 is 0 Å². The highest BCUT2D eigenvalue weighted by molar-refractivity contribution is 7.80. The SMILES string of the molecule is N#CCc1c[nH]c2cc(S)ccc12. The molecule has 0 bridgehead atoms. The lowest BCUT2D eigenvalue weighted by Gasteiger charge is -1.93. The second kappa shape index (κ2) is 3.15. The number of fused-ring (bicyclic) bond motifs is 1. The van der Waals surface area contributed by atoms with Gasteiger partial charge in [-0.1, -0.05) is 6.07 Å². The highest BCUT2D eigenvalue weighted by Gasteiger charge is 2.02. The van der Waals surface area contributed by atoms with E-state index in [2.05, 4.69) is 23.7 Å². The van der Waals surface area contributed by atoms with E-state index in [1.807, 2.05) is 24.4 Å². The number of thiol groups is 1. The molecule has 2 aromatic rings. The Morgan fingerprint density at radius 3 is 3.08 bits per heavy atom. The number of benzene rings is 1. The molecule has 13 heavy (non-hydrogen) atoms. The predicted molar refractivity (Wildman–Crippen MR) is 54.9 cm³/mol. The minimum absolute atomic E-state index is 0.450. The fourth-order valence-electron chi connectivity index (χ4n) is 1.41. The third kappa shape index (κ3) is 1.41. The summed E-state index contributed by atoms with van der Waals surface area (Å²) in [7, 11) is 0. The van der Waals surface area contributed by atoms with Gasteiger partial charge >= 0.3 is 0 Å². The summed E-state index contributed by atoms with van der Waals surface area (Å²) in [6.45, 7) is 0. The van der Waals surface area contributed by atoms with Crippen LogP contribution in [0, 0.1) is 11.3 Å². The molecule has 1 aromatic carbocycles. The van der Waals surface area contributed by atoms with Gasteiger partial charge in [0.1, 0.15) is 0 Å². The number of nitrogens with zero attached hydrogens (tertiary/aromatic N) is 1. The fraction of sp³-hybridized carbons (Fsp3) is 0.100. The second-order valence-electron chi connectivity index (χ2n) is 2.88. The molecule has 3 heteroatoms. The Labute approximate surface area is 81.6 Å². The van der Waals surface area contributed by atoms with E-state index in [9.17, 15) is 0 Å². The van der Waals surface area contributed by atoms with Gasteiger partial charge in [0, 0.05) is 22.0 Å². The summed E-state index contributed by atoms with van der Waals surface area (Å²) in [5, 5.41) is 9.68. The van der Waals surface area contributed by atoms with Crippen molar-refractivity contribution in [3.05, 3.63) is 30.0 Å². The molecule has 0 fully saturated rings. The maximum absolute atomic E-state index is 8.57.